The molecule has 4 nitrogen and oxygen atoms in total. The molecule has 2 N–H and O–H groups in total. The van der Waals surface area contributed by atoms with E-state index < -0.39 is 53.7 Å². The third-order valence-corrected chi connectivity index (χ3v) is 5.88. The molecule has 2 amide bonds. The lowest BCUT2D eigenvalue weighted by Gasteiger charge is -2.37. The predicted octanol–water partition coefficient (Wildman–Crippen LogP) is 6.10. The van der Waals surface area contributed by atoms with Crippen molar-refractivity contribution in [2.75, 3.05) is 0 Å². The van der Waals surface area contributed by atoms with Crippen molar-refractivity contribution in [1.82, 2.24) is 10.6 Å². The van der Waals surface area contributed by atoms with Crippen molar-refractivity contribution in [3.05, 3.63) is 101 Å². The minimum atomic E-state index is -4.92. The molecule has 1 aliphatic rings. The number of carbonyl (C=O) groups is 1. The third kappa shape index (κ3) is 6.15. The molecular weight excluding hydrogens is 505 g/mol. The normalized spacial score (nSPS) is 18.7. The molecule has 4 rings (SSSR count). The lowest BCUT2D eigenvalue weighted by molar-refractivity contribution is -0.253. The summed E-state index contributed by atoms with van der Waals surface area (Å²) >= 11 is 0. The van der Waals surface area contributed by atoms with Gasteiger partial charge in [0, 0.05) is 18.9 Å². The first kappa shape index (κ1) is 26.3. The maximum atomic E-state index is 14.7. The maximum Gasteiger partial charge on any atom is 0.461 e. The van der Waals surface area contributed by atoms with Gasteiger partial charge < -0.3 is 15.4 Å². The van der Waals surface area contributed by atoms with E-state index in [4.69, 9.17) is 0 Å². The van der Waals surface area contributed by atoms with Crippen molar-refractivity contribution in [2.24, 2.45) is 0 Å². The van der Waals surface area contributed by atoms with Gasteiger partial charge in [-0.3, -0.25) is 0 Å². The van der Waals surface area contributed by atoms with Crippen molar-refractivity contribution in [3.63, 3.8) is 0 Å². The van der Waals surface area contributed by atoms with Gasteiger partial charge in [0.25, 0.3) is 0 Å². The molecule has 3 atom stereocenters. The second-order valence-electron chi connectivity index (χ2n) is 8.67. The number of rotatable bonds is 9. The molecule has 3 aromatic rings. The Morgan fingerprint density at radius 1 is 0.946 bits per heavy atom. The molecule has 0 heterocycles. The number of hydrogen-bond donors (Lipinski definition) is 2. The van der Waals surface area contributed by atoms with Crippen molar-refractivity contribution in [2.45, 2.75) is 43.1 Å². The van der Waals surface area contributed by atoms with E-state index in [1.54, 1.807) is 30.3 Å². The van der Waals surface area contributed by atoms with Crippen LogP contribution in [0.2, 0.25) is 0 Å². The third-order valence-electron chi connectivity index (χ3n) is 5.88. The second kappa shape index (κ2) is 10.3. The van der Waals surface area contributed by atoms with Crippen LogP contribution >= 0.6 is 0 Å². The van der Waals surface area contributed by atoms with E-state index in [0.29, 0.717) is 11.6 Å². The number of benzene rings is 3. The topological polar surface area (TPSA) is 50.4 Å². The molecule has 0 aliphatic heterocycles. The Labute approximate surface area is 207 Å². The van der Waals surface area contributed by atoms with Gasteiger partial charge in [-0.05, 0) is 41.0 Å². The highest BCUT2D eigenvalue weighted by molar-refractivity contribution is 5.77. The molecule has 0 spiro atoms. The first-order chi connectivity index (χ1) is 17.5. The van der Waals surface area contributed by atoms with Crippen LogP contribution in [0, 0.1) is 11.6 Å². The van der Waals surface area contributed by atoms with Crippen molar-refractivity contribution in [1.29, 1.82) is 0 Å². The van der Waals surface area contributed by atoms with Gasteiger partial charge in [0.05, 0.1) is 11.6 Å². The summed E-state index contributed by atoms with van der Waals surface area (Å²) in [4.78, 5) is 12.9. The smallest absolute Gasteiger partial charge is 0.428 e. The lowest BCUT2D eigenvalue weighted by Crippen LogP contribution is -2.52. The van der Waals surface area contributed by atoms with Crippen LogP contribution in [0.4, 0.5) is 35.5 Å². The quantitative estimate of drug-likeness (QED) is 0.331. The molecule has 0 bridgehead atoms. The van der Waals surface area contributed by atoms with E-state index in [9.17, 15) is 35.5 Å². The Hall–Kier alpha value is -3.76. The first-order valence-electron chi connectivity index (χ1n) is 11.2. The van der Waals surface area contributed by atoms with Crippen LogP contribution in [0.3, 0.4) is 0 Å². The SMILES string of the molecule is O=C(NC1CC1F)N[C@](Cc1ccccc1)(c1ccc(F)cc1)c1cc(F)cc(OC(F)(F)C(F)F)c1. The fourth-order valence-electron chi connectivity index (χ4n) is 3.98. The summed E-state index contributed by atoms with van der Waals surface area (Å²) in [6.45, 7) is 0. The van der Waals surface area contributed by atoms with Crippen LogP contribution in [-0.4, -0.2) is 30.8 Å². The molecule has 11 heteroatoms. The molecule has 0 saturated heterocycles. The molecule has 0 radical (unpaired) electrons. The summed E-state index contributed by atoms with van der Waals surface area (Å²) in [5.41, 5.74) is -1.12. The number of ether oxygens (including phenoxy) is 1. The molecule has 1 saturated carbocycles. The lowest BCUT2D eigenvalue weighted by atomic mass is 9.77. The number of halogens is 7. The summed E-state index contributed by atoms with van der Waals surface area (Å²) in [6, 6.07) is 13.9. The van der Waals surface area contributed by atoms with E-state index in [0.717, 1.165) is 24.3 Å². The number of urea groups is 1. The van der Waals surface area contributed by atoms with Gasteiger partial charge in [-0.1, -0.05) is 42.5 Å². The highest BCUT2D eigenvalue weighted by Gasteiger charge is 2.45. The van der Waals surface area contributed by atoms with Gasteiger partial charge in [0.15, 0.2) is 0 Å². The van der Waals surface area contributed by atoms with Crippen LogP contribution in [0.15, 0.2) is 72.8 Å². The van der Waals surface area contributed by atoms with Crippen LogP contribution in [0.5, 0.6) is 5.75 Å². The van der Waals surface area contributed by atoms with Crippen LogP contribution in [0.1, 0.15) is 23.1 Å². The summed E-state index contributed by atoms with van der Waals surface area (Å²) in [7, 11) is 0. The summed E-state index contributed by atoms with van der Waals surface area (Å²) < 4.78 is 98.9. The highest BCUT2D eigenvalue weighted by Crippen LogP contribution is 2.38. The molecule has 2 unspecified atom stereocenters. The fraction of sp³-hybridized carbons (Fsp3) is 0.269. The average Bonchev–Trinajstić information content (AvgIpc) is 3.52. The fourth-order valence-corrected chi connectivity index (χ4v) is 3.98. The Kier molecular flexibility index (Phi) is 7.33. The number of hydrogen-bond acceptors (Lipinski definition) is 2. The van der Waals surface area contributed by atoms with E-state index in [1.807, 2.05) is 0 Å². The summed E-state index contributed by atoms with van der Waals surface area (Å²) in [5, 5.41) is 5.10. The average molecular weight is 526 g/mol. The van der Waals surface area contributed by atoms with Gasteiger partial charge >= 0.3 is 18.6 Å². The zero-order valence-electron chi connectivity index (χ0n) is 19.0. The Morgan fingerprint density at radius 2 is 1.59 bits per heavy atom. The van der Waals surface area contributed by atoms with Crippen molar-refractivity contribution < 1.29 is 40.3 Å². The maximum absolute atomic E-state index is 14.7. The Morgan fingerprint density at radius 3 is 2.19 bits per heavy atom. The molecular formula is C26H21F7N2O2. The second-order valence-corrected chi connectivity index (χ2v) is 8.67. The van der Waals surface area contributed by atoms with E-state index in [-0.39, 0.29) is 24.0 Å². The standard InChI is InChI=1S/C26H21F7N2O2/c27-18-8-6-16(7-9-18)25(14-15-4-2-1-3-5-15,35-24(36)34-22-13-21(22)29)17-10-19(28)12-20(11-17)37-26(32,33)23(30)31/h1-12,21-23H,13-14H2,(H2,34,35,36)/t21?,22?,25-/m1/s1. The van der Waals surface area contributed by atoms with Gasteiger partial charge in [-0.15, -0.1) is 0 Å². The summed E-state index contributed by atoms with van der Waals surface area (Å²) in [6.07, 6.45) is -10.4. The van der Waals surface area contributed by atoms with Gasteiger partial charge in [-0.2, -0.15) is 17.6 Å². The molecule has 196 valence electrons. The van der Waals surface area contributed by atoms with Crippen molar-refractivity contribution >= 4 is 6.03 Å². The van der Waals surface area contributed by atoms with Gasteiger partial charge in [0.2, 0.25) is 0 Å². The molecule has 37 heavy (non-hydrogen) atoms. The van der Waals surface area contributed by atoms with E-state index >= 15 is 0 Å². The summed E-state index contributed by atoms with van der Waals surface area (Å²) in [5.74, 6) is -2.67. The zero-order valence-corrected chi connectivity index (χ0v) is 19.0. The molecule has 1 aliphatic carbocycles. The van der Waals surface area contributed by atoms with Crippen LogP contribution in [0.25, 0.3) is 0 Å². The first-order valence-corrected chi connectivity index (χ1v) is 11.2. The molecule has 3 aromatic carbocycles. The van der Waals surface area contributed by atoms with E-state index in [1.165, 1.54) is 12.1 Å². The zero-order chi connectivity index (χ0) is 26.8. The number of nitrogens with one attached hydrogen (secondary N) is 2. The highest BCUT2D eigenvalue weighted by atomic mass is 19.3. The monoisotopic (exact) mass is 526 g/mol. The van der Waals surface area contributed by atoms with Gasteiger partial charge in [0.1, 0.15) is 23.6 Å². The number of amides is 2. The van der Waals surface area contributed by atoms with Crippen LogP contribution in [-0.2, 0) is 12.0 Å². The minimum Gasteiger partial charge on any atom is -0.428 e. The predicted molar refractivity (Wildman–Crippen MR) is 120 cm³/mol. The minimum absolute atomic E-state index is 0.0936. The number of carbonyl (C=O) groups excluding carboxylic acids is 1. The Bertz CT molecular complexity index is 1240. The molecule has 0 aromatic heterocycles. The van der Waals surface area contributed by atoms with E-state index in [2.05, 4.69) is 15.4 Å². The largest absolute Gasteiger partial charge is 0.461 e. The Balaban J connectivity index is 1.87. The van der Waals surface area contributed by atoms with Crippen molar-refractivity contribution in [3.8, 4) is 5.75 Å². The van der Waals surface area contributed by atoms with Crippen LogP contribution < -0.4 is 15.4 Å². The number of alkyl halides is 5. The molecule has 1 fully saturated rings. The van der Waals surface area contributed by atoms with Gasteiger partial charge in [-0.25, -0.2) is 18.0 Å².